The van der Waals surface area contributed by atoms with Gasteiger partial charge in [-0.1, -0.05) is 57.9 Å². The molecule has 0 heterocycles. The van der Waals surface area contributed by atoms with E-state index >= 15 is 0 Å². The molecular formula is C33H52O3. The van der Waals surface area contributed by atoms with Gasteiger partial charge in [0.05, 0.1) is 6.61 Å². The molecule has 0 amide bonds. The number of hydrogen-bond acceptors (Lipinski definition) is 3. The van der Waals surface area contributed by atoms with Gasteiger partial charge >= 0.3 is 5.97 Å². The maximum absolute atomic E-state index is 11.5. The van der Waals surface area contributed by atoms with Gasteiger partial charge in [0.25, 0.3) is 0 Å². The zero-order valence-corrected chi connectivity index (χ0v) is 23.4. The Kier molecular flexibility index (Phi) is 12.0. The number of ether oxygens (including phenoxy) is 1. The molecule has 1 aromatic carbocycles. The van der Waals surface area contributed by atoms with E-state index in [9.17, 15) is 9.90 Å². The van der Waals surface area contributed by atoms with Crippen LogP contribution in [0.1, 0.15) is 120 Å². The molecule has 3 nitrogen and oxygen atoms in total. The molecule has 1 aromatic rings. The molecule has 2 aliphatic rings. The van der Waals surface area contributed by atoms with Crippen molar-refractivity contribution in [3.63, 3.8) is 0 Å². The Morgan fingerprint density at radius 1 is 1.06 bits per heavy atom. The molecule has 1 atom stereocenters. The highest BCUT2D eigenvalue weighted by atomic mass is 16.5. The van der Waals surface area contributed by atoms with Crippen LogP contribution in [0.5, 0.6) is 0 Å². The summed E-state index contributed by atoms with van der Waals surface area (Å²) < 4.78 is 5.26. The second-order valence-corrected chi connectivity index (χ2v) is 11.8. The Hall–Kier alpha value is -1.61. The van der Waals surface area contributed by atoms with Crippen LogP contribution in [0.15, 0.2) is 30.4 Å². The normalized spacial score (nSPS) is 25.3. The van der Waals surface area contributed by atoms with E-state index in [0.29, 0.717) is 24.7 Å². The van der Waals surface area contributed by atoms with Crippen molar-refractivity contribution in [1.82, 2.24) is 0 Å². The molecule has 0 aromatic heterocycles. The number of aliphatic hydroxyl groups is 1. The van der Waals surface area contributed by atoms with Crippen molar-refractivity contribution in [2.75, 3.05) is 13.2 Å². The van der Waals surface area contributed by atoms with Crippen LogP contribution in [0.4, 0.5) is 0 Å². The van der Waals surface area contributed by atoms with Crippen molar-refractivity contribution in [3.8, 4) is 0 Å². The lowest BCUT2D eigenvalue weighted by Gasteiger charge is -2.38. The van der Waals surface area contributed by atoms with E-state index in [0.717, 1.165) is 55.8 Å². The first-order valence-corrected chi connectivity index (χ1v) is 15.0. The van der Waals surface area contributed by atoms with Crippen molar-refractivity contribution in [1.29, 1.82) is 0 Å². The fourth-order valence-corrected chi connectivity index (χ4v) is 6.82. The van der Waals surface area contributed by atoms with Crippen molar-refractivity contribution in [2.45, 2.75) is 117 Å². The lowest BCUT2D eigenvalue weighted by molar-refractivity contribution is -0.139. The number of carbonyl (C=O) groups excluding carboxylic acids is 1. The summed E-state index contributed by atoms with van der Waals surface area (Å²) in [5.74, 6) is 3.59. The van der Waals surface area contributed by atoms with E-state index in [2.05, 4.69) is 38.6 Å². The van der Waals surface area contributed by atoms with Gasteiger partial charge in [0, 0.05) is 12.2 Å². The molecule has 2 saturated carbocycles. The third-order valence-corrected chi connectivity index (χ3v) is 9.37. The number of esters is 1. The van der Waals surface area contributed by atoms with E-state index < -0.39 is 0 Å². The van der Waals surface area contributed by atoms with Crippen LogP contribution >= 0.6 is 0 Å². The zero-order valence-electron chi connectivity index (χ0n) is 23.4. The standard InChI is InChI=1S/C33H52O3/c1-5-25(23-34)9-10-27-13-20-32(28(6-2)22-27)31-18-16-30(17-19-31)29-14-11-26(12-15-29)8-7-21-36-33(35)24(3)4/h13,20,22,25-26,29-31,34H,3,5-12,14-19,21,23H2,1-2,4H3. The number of aryl methyl sites for hydroxylation is 2. The summed E-state index contributed by atoms with van der Waals surface area (Å²) in [4.78, 5) is 11.5. The molecule has 1 unspecified atom stereocenters. The molecule has 2 aliphatic carbocycles. The van der Waals surface area contributed by atoms with Gasteiger partial charge in [-0.15, -0.1) is 0 Å². The Morgan fingerprint density at radius 2 is 1.72 bits per heavy atom. The molecule has 3 heteroatoms. The second-order valence-electron chi connectivity index (χ2n) is 11.8. The Bertz CT molecular complexity index is 808. The summed E-state index contributed by atoms with van der Waals surface area (Å²) in [6.07, 6.45) is 17.5. The predicted molar refractivity (Wildman–Crippen MR) is 150 cm³/mol. The lowest BCUT2D eigenvalue weighted by Crippen LogP contribution is -2.25. The van der Waals surface area contributed by atoms with Gasteiger partial charge in [-0.3, -0.25) is 0 Å². The molecule has 0 saturated heterocycles. The average Bonchev–Trinajstić information content (AvgIpc) is 2.91. The first-order valence-electron chi connectivity index (χ1n) is 15.0. The van der Waals surface area contributed by atoms with Gasteiger partial charge in [-0.2, -0.15) is 0 Å². The van der Waals surface area contributed by atoms with Crippen LogP contribution in [0, 0.1) is 23.7 Å². The molecule has 36 heavy (non-hydrogen) atoms. The molecule has 0 spiro atoms. The summed E-state index contributed by atoms with van der Waals surface area (Å²) >= 11 is 0. The summed E-state index contributed by atoms with van der Waals surface area (Å²) in [6, 6.07) is 7.27. The minimum absolute atomic E-state index is 0.250. The fourth-order valence-electron chi connectivity index (χ4n) is 6.82. The number of rotatable bonds is 13. The smallest absolute Gasteiger partial charge is 0.333 e. The maximum atomic E-state index is 11.5. The minimum atomic E-state index is -0.250. The van der Waals surface area contributed by atoms with Gasteiger partial charge in [-0.25, -0.2) is 4.79 Å². The SMILES string of the molecule is C=C(C)C(=O)OCCCC1CCC(C2CCC(c3ccc(CCC(CC)CO)cc3CC)CC2)CC1. The average molecular weight is 497 g/mol. The molecule has 1 N–H and O–H groups in total. The highest BCUT2D eigenvalue weighted by Gasteiger charge is 2.31. The van der Waals surface area contributed by atoms with Crippen LogP contribution in [0.25, 0.3) is 0 Å². The van der Waals surface area contributed by atoms with Gasteiger partial charge < -0.3 is 9.84 Å². The van der Waals surface area contributed by atoms with Gasteiger partial charge in [0.15, 0.2) is 0 Å². The van der Waals surface area contributed by atoms with Crippen molar-refractivity contribution in [3.05, 3.63) is 47.0 Å². The van der Waals surface area contributed by atoms with Crippen LogP contribution in [0.3, 0.4) is 0 Å². The predicted octanol–water partition coefficient (Wildman–Crippen LogP) is 8.18. The molecule has 0 radical (unpaired) electrons. The summed E-state index contributed by atoms with van der Waals surface area (Å²) in [6.45, 7) is 10.7. The van der Waals surface area contributed by atoms with Crippen molar-refractivity contribution >= 4 is 5.97 Å². The van der Waals surface area contributed by atoms with Crippen LogP contribution in [-0.2, 0) is 22.4 Å². The Morgan fingerprint density at radius 3 is 2.31 bits per heavy atom. The van der Waals surface area contributed by atoms with Crippen LogP contribution < -0.4 is 0 Å². The first-order chi connectivity index (χ1) is 17.4. The van der Waals surface area contributed by atoms with E-state index in [1.807, 2.05) is 0 Å². The van der Waals surface area contributed by atoms with Gasteiger partial charge in [-0.05, 0) is 124 Å². The van der Waals surface area contributed by atoms with E-state index in [-0.39, 0.29) is 5.97 Å². The largest absolute Gasteiger partial charge is 0.462 e. The highest BCUT2D eigenvalue weighted by Crippen LogP contribution is 2.45. The lowest BCUT2D eigenvalue weighted by atomic mass is 9.67. The molecular weight excluding hydrogens is 444 g/mol. The fraction of sp³-hybridized carbons (Fsp3) is 0.727. The molecule has 3 rings (SSSR count). The van der Waals surface area contributed by atoms with E-state index in [4.69, 9.17) is 4.74 Å². The second kappa shape index (κ2) is 15.0. The number of carbonyl (C=O) groups is 1. The van der Waals surface area contributed by atoms with E-state index in [1.54, 1.807) is 18.1 Å². The maximum Gasteiger partial charge on any atom is 0.333 e. The zero-order chi connectivity index (χ0) is 25.9. The Balaban J connectivity index is 1.40. The number of aliphatic hydroxyl groups excluding tert-OH is 1. The minimum Gasteiger partial charge on any atom is -0.462 e. The summed E-state index contributed by atoms with van der Waals surface area (Å²) in [7, 11) is 0. The molecule has 2 fully saturated rings. The monoisotopic (exact) mass is 496 g/mol. The van der Waals surface area contributed by atoms with E-state index in [1.165, 1.54) is 63.4 Å². The Labute approximate surface area is 221 Å². The first kappa shape index (κ1) is 29.0. The highest BCUT2D eigenvalue weighted by molar-refractivity contribution is 5.86. The van der Waals surface area contributed by atoms with Gasteiger partial charge in [0.1, 0.15) is 0 Å². The molecule has 0 aliphatic heterocycles. The number of benzene rings is 1. The number of hydrogen-bond donors (Lipinski definition) is 1. The molecule has 202 valence electrons. The molecule has 0 bridgehead atoms. The third-order valence-electron chi connectivity index (χ3n) is 9.37. The quantitative estimate of drug-likeness (QED) is 0.170. The van der Waals surface area contributed by atoms with Gasteiger partial charge in [0.2, 0.25) is 0 Å². The van der Waals surface area contributed by atoms with Crippen LogP contribution in [0.2, 0.25) is 0 Å². The summed E-state index contributed by atoms with van der Waals surface area (Å²) in [5.41, 5.74) is 5.11. The topological polar surface area (TPSA) is 46.5 Å². The van der Waals surface area contributed by atoms with Crippen molar-refractivity contribution in [2.24, 2.45) is 23.7 Å². The summed E-state index contributed by atoms with van der Waals surface area (Å²) in [5, 5.41) is 9.51. The van der Waals surface area contributed by atoms with Crippen LogP contribution in [-0.4, -0.2) is 24.3 Å². The third kappa shape index (κ3) is 8.47. The van der Waals surface area contributed by atoms with Crippen molar-refractivity contribution < 1.29 is 14.6 Å².